The summed E-state index contributed by atoms with van der Waals surface area (Å²) in [6.07, 6.45) is -1.06. The van der Waals surface area contributed by atoms with Crippen LogP contribution in [0.15, 0.2) is 66.7 Å². The van der Waals surface area contributed by atoms with E-state index >= 15 is 0 Å². The fourth-order valence-electron chi connectivity index (χ4n) is 4.11. The van der Waals surface area contributed by atoms with Gasteiger partial charge in [0.15, 0.2) is 17.7 Å². The van der Waals surface area contributed by atoms with Gasteiger partial charge >= 0.3 is 0 Å². The van der Waals surface area contributed by atoms with E-state index in [1.807, 2.05) is 56.3 Å². The molecule has 1 saturated heterocycles. The van der Waals surface area contributed by atoms with Crippen molar-refractivity contribution in [1.82, 2.24) is 5.32 Å². The lowest BCUT2D eigenvalue weighted by atomic mass is 9.95. The molecule has 35 heavy (non-hydrogen) atoms. The Kier molecular flexibility index (Phi) is 7.41. The summed E-state index contributed by atoms with van der Waals surface area (Å²) in [5, 5.41) is 2.87. The number of halogens is 2. The van der Waals surface area contributed by atoms with Crippen molar-refractivity contribution in [3.8, 4) is 5.75 Å². The maximum Gasteiger partial charge on any atom is 0.253 e. The SMILES string of the molecule is CCOc1ccc(CNC(=O)[C@H]2OCC(=O)N(c3ccc(F)c(F)c3)[C@@H]2c2cccc(C)c2)cc1. The molecule has 0 unspecified atom stereocenters. The zero-order valence-corrected chi connectivity index (χ0v) is 19.5. The van der Waals surface area contributed by atoms with E-state index in [2.05, 4.69) is 5.32 Å². The van der Waals surface area contributed by atoms with Crippen LogP contribution < -0.4 is 15.0 Å². The highest BCUT2D eigenvalue weighted by Gasteiger charge is 2.42. The van der Waals surface area contributed by atoms with E-state index in [4.69, 9.17) is 9.47 Å². The Labute approximate surface area is 202 Å². The van der Waals surface area contributed by atoms with E-state index in [0.717, 1.165) is 29.0 Å². The van der Waals surface area contributed by atoms with E-state index in [1.54, 1.807) is 6.07 Å². The molecule has 1 fully saturated rings. The lowest BCUT2D eigenvalue weighted by Gasteiger charge is -2.40. The summed E-state index contributed by atoms with van der Waals surface area (Å²) in [6.45, 7) is 4.21. The Hall–Kier alpha value is -3.78. The predicted octanol–water partition coefficient (Wildman–Crippen LogP) is 4.46. The Morgan fingerprint density at radius 2 is 1.86 bits per heavy atom. The third-order valence-corrected chi connectivity index (χ3v) is 5.74. The van der Waals surface area contributed by atoms with Crippen LogP contribution in [0, 0.1) is 18.6 Å². The van der Waals surface area contributed by atoms with Crippen molar-refractivity contribution < 1.29 is 27.8 Å². The fraction of sp³-hybridized carbons (Fsp3) is 0.259. The highest BCUT2D eigenvalue weighted by Crippen LogP contribution is 2.35. The first-order valence-electron chi connectivity index (χ1n) is 11.3. The lowest BCUT2D eigenvalue weighted by molar-refractivity contribution is -0.144. The zero-order chi connectivity index (χ0) is 24.9. The van der Waals surface area contributed by atoms with Crippen LogP contribution in [0.4, 0.5) is 14.5 Å². The number of nitrogens with one attached hydrogen (secondary N) is 1. The molecule has 1 heterocycles. The third kappa shape index (κ3) is 5.49. The van der Waals surface area contributed by atoms with Crippen LogP contribution in [0.2, 0.25) is 0 Å². The van der Waals surface area contributed by atoms with Gasteiger partial charge in [-0.25, -0.2) is 8.78 Å². The van der Waals surface area contributed by atoms with Crippen LogP contribution in [0.3, 0.4) is 0 Å². The number of hydrogen-bond donors (Lipinski definition) is 1. The summed E-state index contributed by atoms with van der Waals surface area (Å²) in [5.74, 6) is -2.26. The molecule has 3 aromatic carbocycles. The summed E-state index contributed by atoms with van der Waals surface area (Å²) in [4.78, 5) is 27.5. The van der Waals surface area contributed by atoms with Gasteiger partial charge in [-0.05, 0) is 49.2 Å². The minimum Gasteiger partial charge on any atom is -0.494 e. The number of carbonyl (C=O) groups excluding carboxylic acids is 2. The van der Waals surface area contributed by atoms with E-state index < -0.39 is 35.6 Å². The number of carbonyl (C=O) groups is 2. The molecule has 0 radical (unpaired) electrons. The summed E-state index contributed by atoms with van der Waals surface area (Å²) in [6, 6.07) is 17.0. The molecule has 4 rings (SSSR count). The van der Waals surface area contributed by atoms with Crippen molar-refractivity contribution in [3.05, 3.63) is 95.1 Å². The minimum atomic E-state index is -1.08. The Balaban J connectivity index is 1.63. The molecule has 2 amide bonds. The van der Waals surface area contributed by atoms with Gasteiger partial charge in [0.2, 0.25) is 0 Å². The molecule has 0 aliphatic carbocycles. The maximum absolute atomic E-state index is 14.1. The van der Waals surface area contributed by atoms with E-state index in [0.29, 0.717) is 12.2 Å². The van der Waals surface area contributed by atoms with Crippen LogP contribution in [0.5, 0.6) is 5.75 Å². The summed E-state index contributed by atoms with van der Waals surface area (Å²) in [7, 11) is 0. The molecule has 0 spiro atoms. The predicted molar refractivity (Wildman–Crippen MR) is 127 cm³/mol. The second-order valence-electron chi connectivity index (χ2n) is 8.25. The van der Waals surface area contributed by atoms with Gasteiger partial charge in [0.05, 0.1) is 12.6 Å². The van der Waals surface area contributed by atoms with Gasteiger partial charge in [0.1, 0.15) is 12.4 Å². The van der Waals surface area contributed by atoms with Crippen LogP contribution >= 0.6 is 0 Å². The van der Waals surface area contributed by atoms with Gasteiger partial charge in [-0.1, -0.05) is 42.0 Å². The third-order valence-electron chi connectivity index (χ3n) is 5.74. The summed E-state index contributed by atoms with van der Waals surface area (Å²) >= 11 is 0. The number of anilines is 1. The molecule has 0 aromatic heterocycles. The molecule has 1 aliphatic heterocycles. The molecule has 3 aromatic rings. The van der Waals surface area contributed by atoms with Gasteiger partial charge in [-0.2, -0.15) is 0 Å². The average Bonchev–Trinajstić information content (AvgIpc) is 2.85. The normalized spacial score (nSPS) is 17.8. The number of nitrogens with zero attached hydrogens (tertiary/aromatic N) is 1. The second kappa shape index (κ2) is 10.7. The zero-order valence-electron chi connectivity index (χ0n) is 19.5. The first kappa shape index (κ1) is 24.3. The molecular weight excluding hydrogens is 454 g/mol. The van der Waals surface area contributed by atoms with Crippen molar-refractivity contribution >= 4 is 17.5 Å². The van der Waals surface area contributed by atoms with E-state index in [1.165, 1.54) is 11.0 Å². The summed E-state index contributed by atoms with van der Waals surface area (Å²) in [5.41, 5.74) is 2.56. The van der Waals surface area contributed by atoms with Crippen LogP contribution in [-0.4, -0.2) is 31.1 Å². The molecular formula is C27H26F2N2O4. The molecule has 6 nitrogen and oxygen atoms in total. The van der Waals surface area contributed by atoms with Gasteiger partial charge in [-0.15, -0.1) is 0 Å². The number of aryl methyl sites for hydroxylation is 1. The number of ether oxygens (including phenoxy) is 2. The van der Waals surface area contributed by atoms with Crippen molar-refractivity contribution in [2.45, 2.75) is 32.5 Å². The molecule has 1 N–H and O–H groups in total. The van der Waals surface area contributed by atoms with Crippen LogP contribution in [0.25, 0.3) is 0 Å². The van der Waals surface area contributed by atoms with Gasteiger partial charge in [0, 0.05) is 18.3 Å². The highest BCUT2D eigenvalue weighted by atomic mass is 19.2. The van der Waals surface area contributed by atoms with Crippen molar-refractivity contribution in [3.63, 3.8) is 0 Å². The number of amides is 2. The molecule has 0 saturated carbocycles. The molecule has 8 heteroatoms. The topological polar surface area (TPSA) is 67.9 Å². The van der Waals surface area contributed by atoms with Crippen molar-refractivity contribution in [2.24, 2.45) is 0 Å². The van der Waals surface area contributed by atoms with Crippen molar-refractivity contribution in [2.75, 3.05) is 18.1 Å². The Morgan fingerprint density at radius 1 is 1.09 bits per heavy atom. The van der Waals surface area contributed by atoms with Gasteiger partial charge in [-0.3, -0.25) is 14.5 Å². The smallest absolute Gasteiger partial charge is 0.253 e. The molecule has 0 bridgehead atoms. The Bertz CT molecular complexity index is 1220. The van der Waals surface area contributed by atoms with E-state index in [-0.39, 0.29) is 18.8 Å². The van der Waals surface area contributed by atoms with Gasteiger partial charge in [0.25, 0.3) is 11.8 Å². The molecule has 182 valence electrons. The number of hydrogen-bond acceptors (Lipinski definition) is 4. The molecule has 2 atom stereocenters. The average molecular weight is 481 g/mol. The number of morpholine rings is 1. The summed E-state index contributed by atoms with van der Waals surface area (Å²) < 4.78 is 38.8. The highest BCUT2D eigenvalue weighted by molar-refractivity contribution is 5.98. The lowest BCUT2D eigenvalue weighted by Crippen LogP contribution is -2.54. The van der Waals surface area contributed by atoms with E-state index in [9.17, 15) is 18.4 Å². The van der Waals surface area contributed by atoms with Crippen LogP contribution in [0.1, 0.15) is 29.7 Å². The maximum atomic E-state index is 14.1. The minimum absolute atomic E-state index is 0.146. The number of benzene rings is 3. The largest absolute Gasteiger partial charge is 0.494 e. The molecule has 1 aliphatic rings. The number of rotatable bonds is 7. The quantitative estimate of drug-likeness (QED) is 0.542. The fourth-order valence-corrected chi connectivity index (χ4v) is 4.11. The van der Waals surface area contributed by atoms with Gasteiger partial charge < -0.3 is 14.8 Å². The Morgan fingerprint density at radius 3 is 2.54 bits per heavy atom. The first-order chi connectivity index (χ1) is 16.9. The van der Waals surface area contributed by atoms with Crippen molar-refractivity contribution in [1.29, 1.82) is 0 Å². The second-order valence-corrected chi connectivity index (χ2v) is 8.25. The van der Waals surface area contributed by atoms with Crippen LogP contribution in [-0.2, 0) is 20.9 Å². The first-order valence-corrected chi connectivity index (χ1v) is 11.3. The standard InChI is InChI=1S/C27H26F2N2O4/c1-3-34-21-10-7-18(8-11-21)15-30-27(33)26-25(19-6-4-5-17(2)13-19)31(24(32)16-35-26)20-9-12-22(28)23(29)14-20/h4-14,25-26H,3,15-16H2,1-2H3,(H,30,33)/t25-,26+/m1/s1. The monoisotopic (exact) mass is 480 g/mol.